The number of benzene rings is 3. The van der Waals surface area contributed by atoms with Gasteiger partial charge in [-0.15, -0.1) is 0 Å². The molecule has 3 aromatic carbocycles. The van der Waals surface area contributed by atoms with E-state index in [1.165, 1.54) is 16.6 Å². The maximum atomic E-state index is 15.3. The van der Waals surface area contributed by atoms with Gasteiger partial charge in [0.05, 0.1) is 25.8 Å². The smallest absolute Gasteiger partial charge is 0.304 e. The molecule has 6 rings (SSSR count). The first-order valence-corrected chi connectivity index (χ1v) is 16.5. The van der Waals surface area contributed by atoms with Crippen LogP contribution in [0.3, 0.4) is 0 Å². The summed E-state index contributed by atoms with van der Waals surface area (Å²) < 4.78 is 59.2. The van der Waals surface area contributed by atoms with Crippen molar-refractivity contribution in [3.8, 4) is 28.4 Å². The summed E-state index contributed by atoms with van der Waals surface area (Å²) in [5.41, 5.74) is 6.33. The average Bonchev–Trinajstić information content (AvgIpc) is 3.53. The number of sulfonamides is 1. The van der Waals surface area contributed by atoms with E-state index in [-0.39, 0.29) is 24.3 Å². The Morgan fingerprint density at radius 1 is 1.07 bits per heavy atom. The van der Waals surface area contributed by atoms with Crippen molar-refractivity contribution in [3.63, 3.8) is 0 Å². The molecule has 228 valence electrons. The molecule has 0 amide bonds. The van der Waals surface area contributed by atoms with Crippen LogP contribution < -0.4 is 14.2 Å². The average molecular weight is 610 g/mol. The maximum Gasteiger partial charge on any atom is 0.304 e. The van der Waals surface area contributed by atoms with E-state index in [1.54, 1.807) is 12.1 Å². The minimum atomic E-state index is -3.27. The minimum absolute atomic E-state index is 0.00546. The molecule has 0 saturated carbocycles. The number of fused-ring (bicyclic) bond motifs is 2. The number of hydrogen-bond acceptors (Lipinski definition) is 6. The highest BCUT2D eigenvalue weighted by molar-refractivity contribution is 7.88. The number of rotatable bonds is 8. The van der Waals surface area contributed by atoms with Crippen molar-refractivity contribution < 1.29 is 36.9 Å². The van der Waals surface area contributed by atoms with Crippen LogP contribution >= 0.6 is 0 Å². The Bertz CT molecular complexity index is 1670. The summed E-state index contributed by atoms with van der Waals surface area (Å²) in [5, 5.41) is 9.17. The summed E-state index contributed by atoms with van der Waals surface area (Å²) in [7, 11) is -3.27. The van der Waals surface area contributed by atoms with Crippen molar-refractivity contribution in [2.45, 2.75) is 64.1 Å². The highest BCUT2D eigenvalue weighted by atomic mass is 32.2. The van der Waals surface area contributed by atoms with Crippen molar-refractivity contribution in [2.75, 3.05) is 26.0 Å². The van der Waals surface area contributed by atoms with Crippen molar-refractivity contribution in [2.24, 2.45) is 0 Å². The Morgan fingerprint density at radius 2 is 1.84 bits per heavy atom. The van der Waals surface area contributed by atoms with Crippen LogP contribution in [0.25, 0.3) is 11.1 Å². The molecule has 1 unspecified atom stereocenters. The first-order chi connectivity index (χ1) is 20.5. The molecule has 3 atom stereocenters. The van der Waals surface area contributed by atoms with E-state index in [4.69, 9.17) is 14.2 Å². The number of aryl methyl sites for hydroxylation is 2. The van der Waals surface area contributed by atoms with Crippen LogP contribution in [-0.2, 0) is 21.2 Å². The fraction of sp³-hybridized carbons (Fsp3) is 0.424. The number of nitrogens with zero attached hydrogens (tertiary/aromatic N) is 1. The molecule has 1 fully saturated rings. The summed E-state index contributed by atoms with van der Waals surface area (Å²) in [4.78, 5) is 11.2. The van der Waals surface area contributed by atoms with Crippen molar-refractivity contribution in [3.05, 3.63) is 76.1 Å². The van der Waals surface area contributed by atoms with Crippen LogP contribution in [0.1, 0.15) is 65.5 Å². The van der Waals surface area contributed by atoms with E-state index in [0.29, 0.717) is 55.4 Å². The van der Waals surface area contributed by atoms with Gasteiger partial charge in [0.2, 0.25) is 10.0 Å². The number of halogens is 1. The molecule has 10 heteroatoms. The number of piperidine rings is 1. The molecule has 3 aromatic rings. The van der Waals surface area contributed by atoms with Crippen LogP contribution in [0.2, 0.25) is 0 Å². The Kier molecular flexibility index (Phi) is 7.85. The third kappa shape index (κ3) is 5.95. The fourth-order valence-corrected chi connectivity index (χ4v) is 7.71. The van der Waals surface area contributed by atoms with E-state index >= 15 is 4.39 Å². The van der Waals surface area contributed by atoms with E-state index in [0.717, 1.165) is 46.2 Å². The first-order valence-electron chi connectivity index (χ1n) is 14.7. The van der Waals surface area contributed by atoms with Gasteiger partial charge >= 0.3 is 5.97 Å². The van der Waals surface area contributed by atoms with E-state index in [2.05, 4.69) is 0 Å². The van der Waals surface area contributed by atoms with Gasteiger partial charge in [-0.3, -0.25) is 4.79 Å². The quantitative estimate of drug-likeness (QED) is 0.338. The molecule has 3 aliphatic rings. The maximum absolute atomic E-state index is 15.3. The Hall–Kier alpha value is -3.63. The highest BCUT2D eigenvalue weighted by Gasteiger charge is 2.33. The molecule has 8 nitrogen and oxygen atoms in total. The predicted molar refractivity (Wildman–Crippen MR) is 160 cm³/mol. The monoisotopic (exact) mass is 609 g/mol. The summed E-state index contributed by atoms with van der Waals surface area (Å²) in [6.45, 7) is 5.20. The van der Waals surface area contributed by atoms with Gasteiger partial charge in [0.25, 0.3) is 0 Å². The zero-order valence-corrected chi connectivity index (χ0v) is 25.4. The topological polar surface area (TPSA) is 102 Å². The van der Waals surface area contributed by atoms with Crippen molar-refractivity contribution >= 4 is 16.0 Å². The number of carbonyl (C=O) groups is 1. The summed E-state index contributed by atoms with van der Waals surface area (Å²) >= 11 is 0. The lowest BCUT2D eigenvalue weighted by atomic mass is 9.90. The van der Waals surface area contributed by atoms with E-state index < -0.39 is 22.1 Å². The molecule has 0 radical (unpaired) electrons. The molecule has 2 heterocycles. The molecular formula is C33H36FNO7S. The van der Waals surface area contributed by atoms with Crippen LogP contribution in [0.5, 0.6) is 17.2 Å². The summed E-state index contributed by atoms with van der Waals surface area (Å²) in [6.07, 6.45) is 3.39. The van der Waals surface area contributed by atoms with Crippen LogP contribution in [0.4, 0.5) is 4.39 Å². The molecule has 0 spiro atoms. The fourth-order valence-electron chi connectivity index (χ4n) is 6.81. The second-order valence-corrected chi connectivity index (χ2v) is 13.9. The lowest BCUT2D eigenvalue weighted by Crippen LogP contribution is -2.43. The van der Waals surface area contributed by atoms with Gasteiger partial charge in [0, 0.05) is 29.7 Å². The molecule has 1 aliphatic carbocycles. The lowest BCUT2D eigenvalue weighted by Gasteiger charge is -2.31. The van der Waals surface area contributed by atoms with Gasteiger partial charge < -0.3 is 19.3 Å². The van der Waals surface area contributed by atoms with Gasteiger partial charge in [-0.05, 0) is 91.6 Å². The minimum Gasteiger partial charge on any atom is -0.492 e. The molecule has 2 aliphatic heterocycles. The zero-order chi connectivity index (χ0) is 30.5. The molecule has 1 N–H and O–H groups in total. The third-order valence-electron chi connectivity index (χ3n) is 8.73. The van der Waals surface area contributed by atoms with Gasteiger partial charge in [0.1, 0.15) is 35.3 Å². The highest BCUT2D eigenvalue weighted by Crippen LogP contribution is 2.45. The molecule has 0 aromatic heterocycles. The largest absolute Gasteiger partial charge is 0.492 e. The molecule has 43 heavy (non-hydrogen) atoms. The number of carboxylic acid groups (broad SMARTS) is 1. The number of carboxylic acids is 1. The van der Waals surface area contributed by atoms with Crippen molar-refractivity contribution in [1.29, 1.82) is 0 Å². The second kappa shape index (κ2) is 11.5. The number of ether oxygens (including phenoxy) is 3. The molecule has 1 saturated heterocycles. The van der Waals surface area contributed by atoms with Gasteiger partial charge in [-0.25, -0.2) is 12.8 Å². The van der Waals surface area contributed by atoms with E-state index in [9.17, 15) is 18.3 Å². The third-order valence-corrected chi connectivity index (χ3v) is 10.0. The second-order valence-electron chi connectivity index (χ2n) is 11.9. The Balaban J connectivity index is 1.23. The summed E-state index contributed by atoms with van der Waals surface area (Å²) in [5.74, 6) is 0.507. The van der Waals surface area contributed by atoms with Crippen LogP contribution in [0.15, 0.2) is 42.5 Å². The molecular weight excluding hydrogens is 573 g/mol. The van der Waals surface area contributed by atoms with Gasteiger partial charge in [-0.1, -0.05) is 12.1 Å². The number of hydrogen-bond donors (Lipinski definition) is 1. The molecule has 0 bridgehead atoms. The van der Waals surface area contributed by atoms with E-state index in [1.807, 2.05) is 38.1 Å². The standard InChI is InChI=1S/C33H36FNO7S/c1-19-13-24(41-23-5-4-12-35(17-23)43(3,38)39)14-20(2)32(19)26-8-10-28(34)33-27(26)9-11-29(33)42-22-6-7-25-21(15-31(36)37)18-40-30(25)16-22/h6-8,10,13-14,16,21,23,29H,4-5,9,11-12,15,17-18H2,1-3H3,(H,36,37)/t21-,23-,29?/m1/s1. The normalized spacial score (nSPS) is 21.6. The van der Waals surface area contributed by atoms with Crippen molar-refractivity contribution in [1.82, 2.24) is 4.31 Å². The van der Waals surface area contributed by atoms with Gasteiger partial charge in [-0.2, -0.15) is 4.31 Å². The first kappa shape index (κ1) is 29.4. The lowest BCUT2D eigenvalue weighted by molar-refractivity contribution is -0.137. The predicted octanol–water partition coefficient (Wildman–Crippen LogP) is 5.93. The Morgan fingerprint density at radius 3 is 2.56 bits per heavy atom. The van der Waals surface area contributed by atoms with Crippen LogP contribution in [0, 0.1) is 19.7 Å². The SMILES string of the molecule is Cc1cc(O[C@@H]2CCCN(S(C)(=O)=O)C2)cc(C)c1-c1ccc(F)c2c1CCC2Oc1ccc2c(c1)OC[C@H]2CC(=O)O. The van der Waals surface area contributed by atoms with Crippen LogP contribution in [-0.4, -0.2) is 55.9 Å². The zero-order valence-electron chi connectivity index (χ0n) is 24.6. The van der Waals surface area contributed by atoms with Gasteiger partial charge in [0.15, 0.2) is 0 Å². The summed E-state index contributed by atoms with van der Waals surface area (Å²) in [6, 6.07) is 12.7. The Labute approximate surface area is 251 Å². The number of aliphatic carboxylic acids is 1.